The van der Waals surface area contributed by atoms with E-state index in [9.17, 15) is 9.59 Å². The summed E-state index contributed by atoms with van der Waals surface area (Å²) >= 11 is 0. The maximum Gasteiger partial charge on any atom is 0.326 e. The van der Waals surface area contributed by atoms with Gasteiger partial charge in [0, 0.05) is 0 Å². The van der Waals surface area contributed by atoms with Gasteiger partial charge in [-0.1, -0.05) is 20.3 Å². The number of aliphatic hydroxyl groups is 1. The average Bonchev–Trinajstić information content (AvgIpc) is 2.11. The topological polar surface area (TPSA) is 86.6 Å². The van der Waals surface area contributed by atoms with Gasteiger partial charge in [0.2, 0.25) is 5.91 Å². The molecule has 0 aromatic heterocycles. The molecule has 0 aliphatic carbocycles. The smallest absolute Gasteiger partial charge is 0.326 e. The number of carbonyl (C=O) groups is 2. The minimum atomic E-state index is -1.07. The van der Waals surface area contributed by atoms with Crippen molar-refractivity contribution >= 4 is 11.9 Å². The van der Waals surface area contributed by atoms with E-state index in [1.807, 2.05) is 6.92 Å². The van der Waals surface area contributed by atoms with E-state index in [-0.39, 0.29) is 5.92 Å². The highest BCUT2D eigenvalue weighted by Gasteiger charge is 2.24. The van der Waals surface area contributed by atoms with Gasteiger partial charge in [-0.2, -0.15) is 0 Å². The van der Waals surface area contributed by atoms with Crippen LogP contribution in [0.3, 0.4) is 0 Å². The Bertz CT molecular complexity index is 193. The molecule has 0 saturated carbocycles. The van der Waals surface area contributed by atoms with Crippen molar-refractivity contribution in [2.45, 2.75) is 26.3 Å². The second-order valence-corrected chi connectivity index (χ2v) is 2.93. The molecule has 3 N–H and O–H groups in total. The lowest BCUT2D eigenvalue weighted by molar-refractivity contribution is -0.143. The third-order valence-corrected chi connectivity index (χ3v) is 1.94. The van der Waals surface area contributed by atoms with Gasteiger partial charge >= 0.3 is 5.97 Å². The van der Waals surface area contributed by atoms with Crippen LogP contribution in [-0.4, -0.2) is 34.7 Å². The van der Waals surface area contributed by atoms with E-state index in [0.717, 1.165) is 0 Å². The van der Waals surface area contributed by atoms with Crippen molar-refractivity contribution in [3.8, 4) is 0 Å². The average molecular weight is 189 g/mol. The highest BCUT2D eigenvalue weighted by Crippen LogP contribution is 2.07. The number of hydrogen-bond acceptors (Lipinski definition) is 3. The fourth-order valence-corrected chi connectivity index (χ4v) is 0.902. The molecule has 5 heteroatoms. The molecule has 0 bridgehead atoms. The van der Waals surface area contributed by atoms with Gasteiger partial charge in [0.1, 0.15) is 12.6 Å². The molecule has 76 valence electrons. The van der Waals surface area contributed by atoms with Gasteiger partial charge in [-0.3, -0.25) is 4.79 Å². The van der Waals surface area contributed by atoms with Gasteiger partial charge in [0.05, 0.1) is 0 Å². The number of rotatable bonds is 5. The molecule has 0 radical (unpaired) electrons. The maximum absolute atomic E-state index is 10.7. The fourth-order valence-electron chi connectivity index (χ4n) is 0.902. The molecule has 0 aliphatic heterocycles. The Morgan fingerprint density at radius 2 is 2.00 bits per heavy atom. The third kappa shape index (κ3) is 3.89. The Morgan fingerprint density at radius 3 is 2.31 bits per heavy atom. The molecule has 0 aromatic rings. The molecular weight excluding hydrogens is 174 g/mol. The second kappa shape index (κ2) is 5.53. The summed E-state index contributed by atoms with van der Waals surface area (Å²) in [6.45, 7) is 2.89. The Hall–Kier alpha value is -1.10. The zero-order valence-corrected chi connectivity index (χ0v) is 7.78. The molecule has 5 nitrogen and oxygen atoms in total. The van der Waals surface area contributed by atoms with Crippen LogP contribution < -0.4 is 5.32 Å². The number of amides is 1. The standard InChI is InChI=1S/C8H15NO4/c1-3-5(2)7(8(12)13)9-6(11)4-10/h5,7,10H,3-4H2,1-2H3,(H,9,11)(H,12,13). The molecule has 1 amide bonds. The van der Waals surface area contributed by atoms with E-state index < -0.39 is 24.5 Å². The number of hydrogen-bond donors (Lipinski definition) is 3. The Kier molecular flexibility index (Phi) is 5.06. The van der Waals surface area contributed by atoms with Crippen LogP contribution in [0.2, 0.25) is 0 Å². The summed E-state index contributed by atoms with van der Waals surface area (Å²) in [7, 11) is 0. The lowest BCUT2D eigenvalue weighted by Crippen LogP contribution is -2.46. The van der Waals surface area contributed by atoms with Crippen LogP contribution in [0.5, 0.6) is 0 Å². The predicted octanol–water partition coefficient (Wildman–Crippen LogP) is -0.406. The largest absolute Gasteiger partial charge is 0.480 e. The van der Waals surface area contributed by atoms with Gasteiger partial charge in [-0.15, -0.1) is 0 Å². The zero-order chi connectivity index (χ0) is 10.4. The number of nitrogens with one attached hydrogen (secondary N) is 1. The highest BCUT2D eigenvalue weighted by molar-refractivity contribution is 5.84. The molecule has 2 atom stereocenters. The minimum Gasteiger partial charge on any atom is -0.480 e. The van der Waals surface area contributed by atoms with Crippen molar-refractivity contribution in [2.24, 2.45) is 5.92 Å². The molecule has 13 heavy (non-hydrogen) atoms. The van der Waals surface area contributed by atoms with Crippen LogP contribution >= 0.6 is 0 Å². The number of aliphatic hydroxyl groups excluding tert-OH is 1. The van der Waals surface area contributed by atoms with E-state index in [1.165, 1.54) is 0 Å². The number of carbonyl (C=O) groups excluding carboxylic acids is 1. The number of aliphatic carboxylic acids is 1. The first-order chi connectivity index (χ1) is 6.02. The van der Waals surface area contributed by atoms with Crippen molar-refractivity contribution in [1.29, 1.82) is 0 Å². The van der Waals surface area contributed by atoms with E-state index in [4.69, 9.17) is 10.2 Å². The van der Waals surface area contributed by atoms with Gasteiger partial charge in [0.25, 0.3) is 0 Å². The highest BCUT2D eigenvalue weighted by atomic mass is 16.4. The van der Waals surface area contributed by atoms with Gasteiger partial charge in [-0.05, 0) is 5.92 Å². The Morgan fingerprint density at radius 1 is 1.46 bits per heavy atom. The molecule has 2 unspecified atom stereocenters. The summed E-state index contributed by atoms with van der Waals surface area (Å²) < 4.78 is 0. The van der Waals surface area contributed by atoms with Crippen molar-refractivity contribution in [2.75, 3.05) is 6.61 Å². The summed E-state index contributed by atoms with van der Waals surface area (Å²) in [6, 6.07) is -0.912. The first-order valence-corrected chi connectivity index (χ1v) is 4.16. The SMILES string of the molecule is CCC(C)C(NC(=O)CO)C(=O)O. The lowest BCUT2D eigenvalue weighted by Gasteiger charge is -2.19. The summed E-state index contributed by atoms with van der Waals surface area (Å²) in [5, 5.41) is 19.4. The van der Waals surface area contributed by atoms with E-state index in [0.29, 0.717) is 6.42 Å². The quantitative estimate of drug-likeness (QED) is 0.549. The first kappa shape index (κ1) is 11.9. The van der Waals surface area contributed by atoms with Gasteiger partial charge in [0.15, 0.2) is 0 Å². The van der Waals surface area contributed by atoms with Crippen molar-refractivity contribution in [3.63, 3.8) is 0 Å². The van der Waals surface area contributed by atoms with Crippen LogP contribution in [0.4, 0.5) is 0 Å². The van der Waals surface area contributed by atoms with E-state index in [1.54, 1.807) is 6.92 Å². The monoisotopic (exact) mass is 189 g/mol. The molecule has 0 heterocycles. The maximum atomic E-state index is 10.7. The van der Waals surface area contributed by atoms with Crippen LogP contribution in [0.25, 0.3) is 0 Å². The summed E-state index contributed by atoms with van der Waals surface area (Å²) in [4.78, 5) is 21.4. The number of carboxylic acids is 1. The fraction of sp³-hybridized carbons (Fsp3) is 0.750. The molecule has 0 aliphatic rings. The summed E-state index contributed by atoms with van der Waals surface area (Å²) in [5.41, 5.74) is 0. The summed E-state index contributed by atoms with van der Waals surface area (Å²) in [6.07, 6.45) is 0.655. The summed E-state index contributed by atoms with van der Waals surface area (Å²) in [5.74, 6) is -1.88. The van der Waals surface area contributed by atoms with Crippen molar-refractivity contribution in [1.82, 2.24) is 5.32 Å². The minimum absolute atomic E-state index is 0.145. The zero-order valence-electron chi connectivity index (χ0n) is 7.78. The van der Waals surface area contributed by atoms with E-state index >= 15 is 0 Å². The van der Waals surface area contributed by atoms with Crippen LogP contribution in [0.1, 0.15) is 20.3 Å². The van der Waals surface area contributed by atoms with Crippen molar-refractivity contribution in [3.05, 3.63) is 0 Å². The second-order valence-electron chi connectivity index (χ2n) is 2.93. The van der Waals surface area contributed by atoms with Gasteiger partial charge in [-0.25, -0.2) is 4.79 Å². The third-order valence-electron chi connectivity index (χ3n) is 1.94. The molecule has 0 spiro atoms. The predicted molar refractivity (Wildman–Crippen MR) is 46.1 cm³/mol. The first-order valence-electron chi connectivity index (χ1n) is 4.16. The molecular formula is C8H15NO4. The Labute approximate surface area is 76.8 Å². The molecule has 0 saturated heterocycles. The number of carboxylic acid groups (broad SMARTS) is 1. The van der Waals surface area contributed by atoms with E-state index in [2.05, 4.69) is 5.32 Å². The Balaban J connectivity index is 4.26. The van der Waals surface area contributed by atoms with Gasteiger partial charge < -0.3 is 15.5 Å². The van der Waals surface area contributed by atoms with Crippen LogP contribution in [0, 0.1) is 5.92 Å². The lowest BCUT2D eigenvalue weighted by atomic mass is 9.99. The van der Waals surface area contributed by atoms with Crippen LogP contribution in [0.15, 0.2) is 0 Å². The molecule has 0 aromatic carbocycles. The molecule has 0 fully saturated rings. The molecule has 0 rings (SSSR count). The normalized spacial score (nSPS) is 14.7. The van der Waals surface area contributed by atoms with Crippen molar-refractivity contribution < 1.29 is 19.8 Å². The van der Waals surface area contributed by atoms with Crippen LogP contribution in [-0.2, 0) is 9.59 Å².